The fourth-order valence-corrected chi connectivity index (χ4v) is 4.41. The van der Waals surface area contributed by atoms with Crippen molar-refractivity contribution < 1.29 is 18.0 Å². The largest absolute Gasteiger partial charge is 0.352 e. The second-order valence-corrected chi connectivity index (χ2v) is 11.1. The lowest BCUT2D eigenvalue weighted by Crippen LogP contribution is -2.52. The van der Waals surface area contributed by atoms with Gasteiger partial charge in [-0.1, -0.05) is 58.7 Å². The summed E-state index contributed by atoms with van der Waals surface area (Å²) in [6.07, 6.45) is 1.82. The van der Waals surface area contributed by atoms with Gasteiger partial charge in [0, 0.05) is 17.1 Å². The van der Waals surface area contributed by atoms with Crippen LogP contribution in [0.5, 0.6) is 0 Å². The number of amides is 2. The number of sulfonamides is 1. The van der Waals surface area contributed by atoms with E-state index in [-0.39, 0.29) is 18.5 Å². The number of carbonyl (C=O) groups excluding carboxylic acids is 2. The number of hydrogen-bond donors (Lipinski definition) is 1. The quantitative estimate of drug-likeness (QED) is 0.498. The normalized spacial score (nSPS) is 13.2. The van der Waals surface area contributed by atoms with Crippen molar-refractivity contribution in [1.29, 1.82) is 0 Å². The molecule has 0 unspecified atom stereocenters. The fraction of sp³-hybridized carbons (Fsp3) is 0.417. The number of halogens is 1. The van der Waals surface area contributed by atoms with E-state index < -0.39 is 28.5 Å². The van der Waals surface area contributed by atoms with Gasteiger partial charge in [-0.05, 0) is 51.0 Å². The molecule has 0 fully saturated rings. The molecule has 33 heavy (non-hydrogen) atoms. The zero-order valence-corrected chi connectivity index (χ0v) is 22.1. The fourth-order valence-electron chi connectivity index (χ4n) is 3.18. The lowest BCUT2D eigenvalue weighted by Gasteiger charge is -2.32. The van der Waals surface area contributed by atoms with Crippen molar-refractivity contribution in [2.24, 2.45) is 0 Å². The molecule has 0 aliphatic carbocycles. The van der Waals surface area contributed by atoms with E-state index in [1.54, 1.807) is 31.2 Å². The SMILES string of the molecule is CC[C@@H](C)NC(=O)[C@H](C)N(Cc1ccc(C)cc1)C(=O)CN(c1cccc(Br)c1)S(C)(=O)=O. The molecule has 7 nitrogen and oxygen atoms in total. The average molecular weight is 539 g/mol. The average Bonchev–Trinajstić information content (AvgIpc) is 2.75. The minimum absolute atomic E-state index is 0.0366. The molecule has 0 aromatic heterocycles. The first-order valence-corrected chi connectivity index (χ1v) is 13.4. The Morgan fingerprint density at radius 1 is 1.09 bits per heavy atom. The van der Waals surface area contributed by atoms with Crippen LogP contribution in [0.25, 0.3) is 0 Å². The number of aryl methyl sites for hydroxylation is 1. The van der Waals surface area contributed by atoms with Crippen LogP contribution in [0.1, 0.15) is 38.3 Å². The molecule has 0 radical (unpaired) electrons. The van der Waals surface area contributed by atoms with Crippen LogP contribution in [0, 0.1) is 6.92 Å². The summed E-state index contributed by atoms with van der Waals surface area (Å²) in [4.78, 5) is 27.7. The van der Waals surface area contributed by atoms with Crippen molar-refractivity contribution in [2.45, 2.75) is 52.7 Å². The molecule has 2 aromatic carbocycles. The van der Waals surface area contributed by atoms with Gasteiger partial charge in [0.25, 0.3) is 0 Å². The summed E-state index contributed by atoms with van der Waals surface area (Å²) in [5.41, 5.74) is 2.30. The number of hydrogen-bond acceptors (Lipinski definition) is 4. The molecule has 0 saturated carbocycles. The van der Waals surface area contributed by atoms with Crippen molar-refractivity contribution in [1.82, 2.24) is 10.2 Å². The van der Waals surface area contributed by atoms with Crippen molar-refractivity contribution >= 4 is 43.5 Å². The van der Waals surface area contributed by atoms with Gasteiger partial charge in [0.15, 0.2) is 0 Å². The van der Waals surface area contributed by atoms with Crippen molar-refractivity contribution in [3.05, 3.63) is 64.1 Å². The van der Waals surface area contributed by atoms with Gasteiger partial charge < -0.3 is 10.2 Å². The topological polar surface area (TPSA) is 86.8 Å². The van der Waals surface area contributed by atoms with Crippen LogP contribution >= 0.6 is 15.9 Å². The zero-order valence-electron chi connectivity index (χ0n) is 19.7. The second kappa shape index (κ2) is 11.7. The number of carbonyl (C=O) groups is 2. The van der Waals surface area contributed by atoms with Crippen molar-refractivity contribution in [3.8, 4) is 0 Å². The Kier molecular flexibility index (Phi) is 9.48. The molecular weight excluding hydrogens is 506 g/mol. The first kappa shape index (κ1) is 26.9. The van der Waals surface area contributed by atoms with Crippen LogP contribution in [0.2, 0.25) is 0 Å². The van der Waals surface area contributed by atoms with Gasteiger partial charge in [0.1, 0.15) is 12.6 Å². The molecule has 0 aliphatic rings. The van der Waals surface area contributed by atoms with Gasteiger partial charge in [-0.25, -0.2) is 8.42 Å². The maximum absolute atomic E-state index is 13.5. The molecule has 0 bridgehead atoms. The highest BCUT2D eigenvalue weighted by Crippen LogP contribution is 2.23. The highest BCUT2D eigenvalue weighted by atomic mass is 79.9. The Labute approximate surface area is 205 Å². The maximum Gasteiger partial charge on any atom is 0.244 e. The number of rotatable bonds is 10. The van der Waals surface area contributed by atoms with E-state index in [9.17, 15) is 18.0 Å². The number of nitrogens with one attached hydrogen (secondary N) is 1. The monoisotopic (exact) mass is 537 g/mol. The first-order valence-electron chi connectivity index (χ1n) is 10.8. The van der Waals surface area contributed by atoms with E-state index in [1.165, 1.54) is 4.90 Å². The molecule has 0 saturated heterocycles. The third kappa shape index (κ3) is 7.85. The van der Waals surface area contributed by atoms with Crippen LogP contribution < -0.4 is 9.62 Å². The van der Waals surface area contributed by atoms with E-state index in [0.717, 1.165) is 28.1 Å². The number of nitrogens with zero attached hydrogens (tertiary/aromatic N) is 2. The lowest BCUT2D eigenvalue weighted by atomic mass is 10.1. The molecule has 180 valence electrons. The smallest absolute Gasteiger partial charge is 0.244 e. The lowest BCUT2D eigenvalue weighted by molar-refractivity contribution is -0.139. The van der Waals surface area contributed by atoms with E-state index in [4.69, 9.17) is 0 Å². The summed E-state index contributed by atoms with van der Waals surface area (Å²) < 4.78 is 26.8. The molecule has 9 heteroatoms. The molecule has 0 spiro atoms. The van der Waals surface area contributed by atoms with Gasteiger partial charge in [-0.3, -0.25) is 13.9 Å². The van der Waals surface area contributed by atoms with Crippen LogP contribution in [0.3, 0.4) is 0 Å². The Hall–Kier alpha value is -2.39. The minimum Gasteiger partial charge on any atom is -0.352 e. The van der Waals surface area contributed by atoms with Crippen molar-refractivity contribution in [3.63, 3.8) is 0 Å². The summed E-state index contributed by atoms with van der Waals surface area (Å²) in [7, 11) is -3.75. The van der Waals surface area contributed by atoms with Crippen molar-refractivity contribution in [2.75, 3.05) is 17.1 Å². The van der Waals surface area contributed by atoms with Gasteiger partial charge in [-0.15, -0.1) is 0 Å². The van der Waals surface area contributed by atoms with Crippen LogP contribution in [-0.4, -0.2) is 50.0 Å². The highest BCUT2D eigenvalue weighted by Gasteiger charge is 2.30. The molecule has 2 amide bonds. The number of benzene rings is 2. The zero-order chi connectivity index (χ0) is 24.8. The minimum atomic E-state index is -3.75. The Bertz CT molecular complexity index is 1070. The second-order valence-electron chi connectivity index (χ2n) is 8.25. The first-order chi connectivity index (χ1) is 15.4. The van der Waals surface area contributed by atoms with Gasteiger partial charge in [0.05, 0.1) is 11.9 Å². The predicted molar refractivity (Wildman–Crippen MR) is 135 cm³/mol. The number of anilines is 1. The molecular formula is C24H32BrN3O4S. The van der Waals surface area contributed by atoms with E-state index >= 15 is 0 Å². The molecule has 2 rings (SSSR count). The highest BCUT2D eigenvalue weighted by molar-refractivity contribution is 9.10. The van der Waals surface area contributed by atoms with E-state index in [2.05, 4.69) is 21.2 Å². The standard InChI is InChI=1S/C24H32BrN3O4S/c1-6-18(3)26-24(30)19(4)27(15-20-12-10-17(2)11-13-20)23(29)16-28(33(5,31)32)22-9-7-8-21(25)14-22/h7-14,18-19H,6,15-16H2,1-5H3,(H,26,30)/t18-,19+/m1/s1. The molecule has 0 heterocycles. The third-order valence-electron chi connectivity index (χ3n) is 5.42. The van der Waals surface area contributed by atoms with Gasteiger partial charge >= 0.3 is 0 Å². The maximum atomic E-state index is 13.5. The summed E-state index contributed by atoms with van der Waals surface area (Å²) in [6, 6.07) is 13.6. The summed E-state index contributed by atoms with van der Waals surface area (Å²) in [6.45, 7) is 7.26. The summed E-state index contributed by atoms with van der Waals surface area (Å²) in [5, 5.41) is 2.91. The van der Waals surface area contributed by atoms with E-state index in [1.807, 2.05) is 45.0 Å². The Morgan fingerprint density at radius 3 is 2.27 bits per heavy atom. The Balaban J connectivity index is 2.37. The predicted octanol–water partition coefficient (Wildman–Crippen LogP) is 3.86. The summed E-state index contributed by atoms with van der Waals surface area (Å²) >= 11 is 3.34. The van der Waals surface area contributed by atoms with Gasteiger partial charge in [-0.2, -0.15) is 0 Å². The molecule has 1 N–H and O–H groups in total. The Morgan fingerprint density at radius 2 is 1.73 bits per heavy atom. The van der Waals surface area contributed by atoms with Gasteiger partial charge in [0.2, 0.25) is 21.8 Å². The van der Waals surface area contributed by atoms with Crippen LogP contribution in [0.15, 0.2) is 53.0 Å². The molecule has 2 atom stereocenters. The third-order valence-corrected chi connectivity index (χ3v) is 7.05. The molecule has 2 aromatic rings. The van der Waals surface area contributed by atoms with Crippen LogP contribution in [0.4, 0.5) is 5.69 Å². The summed E-state index contributed by atoms with van der Waals surface area (Å²) in [5.74, 6) is -0.744. The van der Waals surface area contributed by atoms with Crippen LogP contribution in [-0.2, 0) is 26.2 Å². The molecule has 0 aliphatic heterocycles. The van der Waals surface area contributed by atoms with E-state index in [0.29, 0.717) is 10.2 Å².